The van der Waals surface area contributed by atoms with Crippen LogP contribution in [0, 0.1) is 0 Å². The summed E-state index contributed by atoms with van der Waals surface area (Å²) in [4.78, 5) is 14.1. The first-order chi connectivity index (χ1) is 20.3. The Labute approximate surface area is 234 Å². The molecule has 0 saturated heterocycles. The first-order valence-corrected chi connectivity index (χ1v) is 13.9. The molecule has 0 radical (unpaired) electrons. The van der Waals surface area contributed by atoms with E-state index in [1.807, 2.05) is 24.7 Å². The van der Waals surface area contributed by atoms with Crippen molar-refractivity contribution in [3.05, 3.63) is 127 Å². The molecular formula is C36H21N5. The lowest BCUT2D eigenvalue weighted by Gasteiger charge is -2.12. The molecule has 0 bridgehead atoms. The molecule has 4 aromatic carbocycles. The van der Waals surface area contributed by atoms with Gasteiger partial charge in [0.15, 0.2) is 5.65 Å². The van der Waals surface area contributed by atoms with E-state index in [-0.39, 0.29) is 0 Å². The van der Waals surface area contributed by atoms with Crippen LogP contribution >= 0.6 is 0 Å². The van der Waals surface area contributed by atoms with Crippen molar-refractivity contribution in [2.75, 3.05) is 0 Å². The number of hydrogen-bond acceptors (Lipinski definition) is 3. The van der Waals surface area contributed by atoms with Crippen molar-refractivity contribution in [2.45, 2.75) is 6.42 Å². The highest BCUT2D eigenvalue weighted by atomic mass is 15.1. The number of imidazole rings is 1. The molecule has 0 fully saturated rings. The second-order valence-corrected chi connectivity index (χ2v) is 10.9. The van der Waals surface area contributed by atoms with Crippen molar-refractivity contribution < 1.29 is 0 Å². The standard InChI is InChI=1S/C36H21N5/c1-2-7-23(8-3-1)40-29-10-5-4-9-24(29)34-31(40)13-12-21-17-22-18-27-26(19-25(22)33(21)34)28-20-37-16-14-30(28)41-32-11-6-15-38-35(32)39-36(27)41/h1-16,18-20H,17H2. The Hall–Kier alpha value is -5.55. The van der Waals surface area contributed by atoms with Crippen LogP contribution in [0.3, 0.4) is 0 Å². The highest BCUT2D eigenvalue weighted by molar-refractivity contribution is 6.20. The smallest absolute Gasteiger partial charge is 0.178 e. The average molecular weight is 524 g/mol. The van der Waals surface area contributed by atoms with E-state index in [1.165, 1.54) is 55.1 Å². The molecule has 10 rings (SSSR count). The fourth-order valence-corrected chi connectivity index (χ4v) is 7.18. The number of benzene rings is 4. The third kappa shape index (κ3) is 2.68. The van der Waals surface area contributed by atoms with Crippen LogP contribution in [0.25, 0.3) is 77.1 Å². The summed E-state index contributed by atoms with van der Waals surface area (Å²) in [6, 6.07) is 35.0. The lowest BCUT2D eigenvalue weighted by Crippen LogP contribution is -1.93. The molecule has 9 aromatic rings. The predicted octanol–water partition coefficient (Wildman–Crippen LogP) is 8.25. The normalized spacial score (nSPS) is 12.8. The molecule has 0 aliphatic heterocycles. The molecule has 5 aromatic heterocycles. The van der Waals surface area contributed by atoms with Gasteiger partial charge in [-0.05, 0) is 88.7 Å². The van der Waals surface area contributed by atoms with Crippen LogP contribution < -0.4 is 0 Å². The maximum absolute atomic E-state index is 5.02. The van der Waals surface area contributed by atoms with Crippen LogP contribution in [0.4, 0.5) is 0 Å². The van der Waals surface area contributed by atoms with Crippen LogP contribution in [-0.4, -0.2) is 23.9 Å². The molecule has 5 heterocycles. The number of rotatable bonds is 1. The largest absolute Gasteiger partial charge is 0.309 e. The van der Waals surface area contributed by atoms with Crippen LogP contribution in [-0.2, 0) is 6.42 Å². The molecule has 0 saturated carbocycles. The second kappa shape index (κ2) is 7.55. The van der Waals surface area contributed by atoms with Crippen LogP contribution in [0.1, 0.15) is 11.1 Å². The Bertz CT molecular complexity index is 2550. The molecule has 5 nitrogen and oxygen atoms in total. The van der Waals surface area contributed by atoms with Gasteiger partial charge in [-0.2, -0.15) is 0 Å². The summed E-state index contributed by atoms with van der Waals surface area (Å²) in [5, 5.41) is 6.03. The van der Waals surface area contributed by atoms with Gasteiger partial charge in [0, 0.05) is 45.8 Å². The molecular weight excluding hydrogens is 502 g/mol. The SMILES string of the molecule is c1ccc(-n2c3ccccc3c3c4c(ccc32)Cc2cc3c(cc2-4)c2cnccc2n2c4cccnc4nc32)cc1. The summed E-state index contributed by atoms with van der Waals surface area (Å²) in [6.45, 7) is 0. The van der Waals surface area contributed by atoms with Crippen LogP contribution in [0.2, 0.25) is 0 Å². The minimum absolute atomic E-state index is 0.761. The van der Waals surface area contributed by atoms with Gasteiger partial charge in [-0.3, -0.25) is 9.38 Å². The second-order valence-electron chi connectivity index (χ2n) is 10.9. The predicted molar refractivity (Wildman–Crippen MR) is 166 cm³/mol. The number of nitrogens with zero attached hydrogens (tertiary/aromatic N) is 5. The van der Waals surface area contributed by atoms with Gasteiger partial charge in [0.25, 0.3) is 0 Å². The Morgan fingerprint density at radius 1 is 0.610 bits per heavy atom. The zero-order chi connectivity index (χ0) is 26.7. The fraction of sp³-hybridized carbons (Fsp3) is 0.0278. The van der Waals surface area contributed by atoms with E-state index in [9.17, 15) is 0 Å². The molecule has 41 heavy (non-hydrogen) atoms. The number of hydrogen-bond donors (Lipinski definition) is 0. The Morgan fingerprint density at radius 2 is 1.49 bits per heavy atom. The zero-order valence-electron chi connectivity index (χ0n) is 21.9. The summed E-state index contributed by atoms with van der Waals surface area (Å²) in [7, 11) is 0. The van der Waals surface area contributed by atoms with Gasteiger partial charge in [-0.1, -0.05) is 42.5 Å². The van der Waals surface area contributed by atoms with Gasteiger partial charge in [-0.25, -0.2) is 9.97 Å². The van der Waals surface area contributed by atoms with E-state index < -0.39 is 0 Å². The van der Waals surface area contributed by atoms with Gasteiger partial charge < -0.3 is 4.57 Å². The van der Waals surface area contributed by atoms with E-state index in [0.717, 1.165) is 39.5 Å². The third-order valence-corrected chi connectivity index (χ3v) is 8.83. The molecule has 1 aliphatic carbocycles. The van der Waals surface area contributed by atoms with Gasteiger partial charge in [0.2, 0.25) is 0 Å². The van der Waals surface area contributed by atoms with Crippen molar-refractivity contribution >= 4 is 60.3 Å². The maximum Gasteiger partial charge on any atom is 0.178 e. The van der Waals surface area contributed by atoms with Gasteiger partial charge >= 0.3 is 0 Å². The van der Waals surface area contributed by atoms with E-state index >= 15 is 0 Å². The average Bonchev–Trinajstić information content (AvgIpc) is 3.70. The first kappa shape index (κ1) is 21.3. The maximum atomic E-state index is 5.02. The van der Waals surface area contributed by atoms with E-state index in [4.69, 9.17) is 4.98 Å². The molecule has 190 valence electrons. The lowest BCUT2D eigenvalue weighted by atomic mass is 9.96. The lowest BCUT2D eigenvalue weighted by molar-refractivity contribution is 1.18. The number of fused-ring (bicyclic) bond motifs is 15. The summed E-state index contributed by atoms with van der Waals surface area (Å²) in [6.07, 6.45) is 6.56. The highest BCUT2D eigenvalue weighted by Crippen LogP contribution is 2.48. The Kier molecular flexibility index (Phi) is 3.92. The quantitative estimate of drug-likeness (QED) is 0.204. The van der Waals surface area contributed by atoms with Crippen LogP contribution in [0.15, 0.2) is 116 Å². The summed E-state index contributed by atoms with van der Waals surface area (Å²) in [5.41, 5.74) is 12.8. The molecule has 0 amide bonds. The van der Waals surface area contributed by atoms with Gasteiger partial charge in [0.1, 0.15) is 5.65 Å². The zero-order valence-corrected chi connectivity index (χ0v) is 21.9. The minimum atomic E-state index is 0.761. The van der Waals surface area contributed by atoms with Crippen molar-refractivity contribution in [3.63, 3.8) is 0 Å². The first-order valence-electron chi connectivity index (χ1n) is 13.9. The number of aromatic nitrogens is 5. The number of para-hydroxylation sites is 2. The molecule has 1 aliphatic rings. The molecule has 0 unspecified atom stereocenters. The molecule has 0 N–H and O–H groups in total. The molecule has 0 spiro atoms. The van der Waals surface area contributed by atoms with Crippen molar-refractivity contribution in [3.8, 4) is 16.8 Å². The van der Waals surface area contributed by atoms with E-state index in [0.29, 0.717) is 0 Å². The van der Waals surface area contributed by atoms with Gasteiger partial charge in [0.05, 0.1) is 22.1 Å². The van der Waals surface area contributed by atoms with Crippen molar-refractivity contribution in [1.82, 2.24) is 23.9 Å². The van der Waals surface area contributed by atoms with Crippen molar-refractivity contribution in [2.24, 2.45) is 0 Å². The molecule has 5 heteroatoms. The summed E-state index contributed by atoms with van der Waals surface area (Å²) >= 11 is 0. The van der Waals surface area contributed by atoms with E-state index in [2.05, 4.69) is 110 Å². The highest BCUT2D eigenvalue weighted by Gasteiger charge is 2.26. The van der Waals surface area contributed by atoms with E-state index in [1.54, 1.807) is 0 Å². The molecule has 0 atom stereocenters. The van der Waals surface area contributed by atoms with Crippen molar-refractivity contribution in [1.29, 1.82) is 0 Å². The third-order valence-electron chi connectivity index (χ3n) is 8.83. The topological polar surface area (TPSA) is 48.0 Å². The van der Waals surface area contributed by atoms with Crippen LogP contribution in [0.5, 0.6) is 0 Å². The monoisotopic (exact) mass is 523 g/mol. The summed E-state index contributed by atoms with van der Waals surface area (Å²) in [5.74, 6) is 0. The summed E-state index contributed by atoms with van der Waals surface area (Å²) < 4.78 is 4.64. The fourth-order valence-electron chi connectivity index (χ4n) is 7.18. The number of pyridine rings is 3. The minimum Gasteiger partial charge on any atom is -0.309 e. The Morgan fingerprint density at radius 3 is 2.44 bits per heavy atom. The van der Waals surface area contributed by atoms with Gasteiger partial charge in [-0.15, -0.1) is 0 Å². The Balaban J connectivity index is 1.36.